The molecule has 1 aromatic rings. The first-order chi connectivity index (χ1) is 8.74. The number of carbonyl (C=O) groups is 1. The van der Waals surface area contributed by atoms with Crippen molar-refractivity contribution in [2.24, 2.45) is 0 Å². The number of hydrogen-bond acceptors (Lipinski definition) is 3. The number of benzene rings is 1. The third kappa shape index (κ3) is 6.32. The smallest absolute Gasteiger partial charge is 0.251 e. The lowest BCUT2D eigenvalue weighted by Crippen LogP contribution is -2.25. The van der Waals surface area contributed by atoms with Gasteiger partial charge < -0.3 is 14.8 Å². The van der Waals surface area contributed by atoms with E-state index < -0.39 is 0 Å². The number of methoxy groups -OCH3 is 1. The van der Waals surface area contributed by atoms with Crippen molar-refractivity contribution in [3.8, 4) is 0 Å². The Morgan fingerprint density at radius 3 is 2.61 bits per heavy atom. The van der Waals surface area contributed by atoms with Crippen molar-refractivity contribution < 1.29 is 14.3 Å². The normalized spacial score (nSPS) is 10.3. The van der Waals surface area contributed by atoms with Gasteiger partial charge in [-0.1, -0.05) is 0 Å². The Kier molecular flexibility index (Phi) is 7.95. The molecule has 1 amide bonds. The third-order valence-electron chi connectivity index (χ3n) is 2.29. The Labute approximate surface area is 121 Å². The van der Waals surface area contributed by atoms with Crippen LogP contribution in [0.2, 0.25) is 0 Å². The highest BCUT2D eigenvalue weighted by molar-refractivity contribution is 14.1. The van der Waals surface area contributed by atoms with E-state index in [4.69, 9.17) is 9.47 Å². The van der Waals surface area contributed by atoms with Gasteiger partial charge in [-0.2, -0.15) is 0 Å². The molecule has 0 aliphatic heterocycles. The molecule has 0 atom stereocenters. The van der Waals surface area contributed by atoms with Gasteiger partial charge in [0.05, 0.1) is 13.2 Å². The summed E-state index contributed by atoms with van der Waals surface area (Å²) in [6, 6.07) is 7.49. The predicted molar refractivity (Wildman–Crippen MR) is 78.8 cm³/mol. The minimum Gasteiger partial charge on any atom is -0.382 e. The van der Waals surface area contributed by atoms with Gasteiger partial charge in [0.1, 0.15) is 0 Å². The van der Waals surface area contributed by atoms with Crippen LogP contribution in [-0.4, -0.2) is 39.4 Å². The number of ether oxygens (including phenoxy) is 2. The van der Waals surface area contributed by atoms with Gasteiger partial charge in [-0.15, -0.1) is 0 Å². The molecule has 0 saturated heterocycles. The summed E-state index contributed by atoms with van der Waals surface area (Å²) in [5, 5.41) is 2.86. The highest BCUT2D eigenvalue weighted by Gasteiger charge is 2.03. The Morgan fingerprint density at radius 1 is 1.22 bits per heavy atom. The van der Waals surface area contributed by atoms with Crippen LogP contribution in [0.5, 0.6) is 0 Å². The number of nitrogens with one attached hydrogen (secondary N) is 1. The van der Waals surface area contributed by atoms with E-state index in [-0.39, 0.29) is 5.91 Å². The number of rotatable bonds is 8. The van der Waals surface area contributed by atoms with E-state index in [2.05, 4.69) is 27.9 Å². The summed E-state index contributed by atoms with van der Waals surface area (Å²) in [5.74, 6) is -0.0386. The lowest BCUT2D eigenvalue weighted by molar-refractivity contribution is 0.0688. The maximum Gasteiger partial charge on any atom is 0.251 e. The van der Waals surface area contributed by atoms with E-state index in [0.29, 0.717) is 31.9 Å². The maximum atomic E-state index is 11.7. The van der Waals surface area contributed by atoms with Crippen LogP contribution in [0, 0.1) is 3.57 Å². The van der Waals surface area contributed by atoms with E-state index in [1.807, 2.05) is 24.3 Å². The minimum absolute atomic E-state index is 0.0386. The lowest BCUT2D eigenvalue weighted by atomic mass is 10.2. The van der Waals surface area contributed by atoms with Crippen LogP contribution < -0.4 is 5.32 Å². The van der Waals surface area contributed by atoms with Gasteiger partial charge in [0.25, 0.3) is 5.91 Å². The van der Waals surface area contributed by atoms with Gasteiger partial charge in [0, 0.05) is 29.4 Å². The molecular formula is C13H18INO3. The molecule has 0 aliphatic rings. The van der Waals surface area contributed by atoms with E-state index in [9.17, 15) is 4.79 Å². The van der Waals surface area contributed by atoms with Crippen LogP contribution >= 0.6 is 22.6 Å². The number of halogens is 1. The van der Waals surface area contributed by atoms with Crippen molar-refractivity contribution in [1.82, 2.24) is 5.32 Å². The van der Waals surface area contributed by atoms with E-state index in [0.717, 1.165) is 9.99 Å². The van der Waals surface area contributed by atoms with E-state index in [1.165, 1.54) is 0 Å². The molecule has 0 saturated carbocycles. The van der Waals surface area contributed by atoms with Crippen LogP contribution in [0.4, 0.5) is 0 Å². The number of amides is 1. The minimum atomic E-state index is -0.0386. The van der Waals surface area contributed by atoms with Gasteiger partial charge in [-0.3, -0.25) is 4.79 Å². The van der Waals surface area contributed by atoms with Crippen molar-refractivity contribution in [3.05, 3.63) is 33.4 Å². The zero-order valence-electron chi connectivity index (χ0n) is 10.4. The SMILES string of the molecule is COCCOCCCNC(=O)c1ccc(I)cc1. The van der Waals surface area contributed by atoms with Gasteiger partial charge in [0.2, 0.25) is 0 Å². The Hall–Kier alpha value is -0.660. The van der Waals surface area contributed by atoms with Crippen LogP contribution in [-0.2, 0) is 9.47 Å². The van der Waals surface area contributed by atoms with Crippen LogP contribution in [0.1, 0.15) is 16.8 Å². The lowest BCUT2D eigenvalue weighted by Gasteiger charge is -2.06. The van der Waals surface area contributed by atoms with Gasteiger partial charge in [-0.25, -0.2) is 0 Å². The zero-order chi connectivity index (χ0) is 13.2. The molecule has 1 aromatic carbocycles. The van der Waals surface area contributed by atoms with Gasteiger partial charge in [-0.05, 0) is 53.3 Å². The third-order valence-corrected chi connectivity index (χ3v) is 3.01. The average molecular weight is 363 g/mol. The molecule has 0 heterocycles. The first-order valence-electron chi connectivity index (χ1n) is 5.84. The fourth-order valence-electron chi connectivity index (χ4n) is 1.32. The Bertz CT molecular complexity index is 354. The fourth-order valence-corrected chi connectivity index (χ4v) is 1.68. The first kappa shape index (κ1) is 15.4. The molecule has 0 aliphatic carbocycles. The van der Waals surface area contributed by atoms with Crippen molar-refractivity contribution in [2.75, 3.05) is 33.5 Å². The summed E-state index contributed by atoms with van der Waals surface area (Å²) in [4.78, 5) is 11.7. The molecule has 0 radical (unpaired) electrons. The topological polar surface area (TPSA) is 47.6 Å². The number of carbonyl (C=O) groups excluding carboxylic acids is 1. The highest BCUT2D eigenvalue weighted by atomic mass is 127. The van der Waals surface area contributed by atoms with Gasteiger partial charge >= 0.3 is 0 Å². The molecule has 0 aromatic heterocycles. The monoisotopic (exact) mass is 363 g/mol. The molecule has 0 spiro atoms. The summed E-state index contributed by atoms with van der Waals surface area (Å²) in [6.45, 7) is 2.46. The molecule has 0 unspecified atom stereocenters. The summed E-state index contributed by atoms with van der Waals surface area (Å²) < 4.78 is 11.3. The molecule has 0 fully saturated rings. The van der Waals surface area contributed by atoms with Crippen molar-refractivity contribution >= 4 is 28.5 Å². The summed E-state index contributed by atoms with van der Waals surface area (Å²) >= 11 is 2.21. The Balaban J connectivity index is 2.12. The number of hydrogen-bond donors (Lipinski definition) is 1. The predicted octanol–water partition coefficient (Wildman–Crippen LogP) is 2.07. The average Bonchev–Trinajstić information content (AvgIpc) is 2.38. The largest absolute Gasteiger partial charge is 0.382 e. The van der Waals surface area contributed by atoms with E-state index >= 15 is 0 Å². The standard InChI is InChI=1S/C13H18INO3/c1-17-9-10-18-8-2-7-15-13(16)11-3-5-12(14)6-4-11/h3-6H,2,7-10H2,1H3,(H,15,16). The van der Waals surface area contributed by atoms with Crippen LogP contribution in [0.25, 0.3) is 0 Å². The molecule has 18 heavy (non-hydrogen) atoms. The van der Waals surface area contributed by atoms with Gasteiger partial charge in [0.15, 0.2) is 0 Å². The second-order valence-electron chi connectivity index (χ2n) is 3.72. The molecule has 100 valence electrons. The van der Waals surface area contributed by atoms with Crippen LogP contribution in [0.3, 0.4) is 0 Å². The molecule has 1 rings (SSSR count). The molecular weight excluding hydrogens is 345 g/mol. The molecule has 4 nitrogen and oxygen atoms in total. The van der Waals surface area contributed by atoms with Crippen molar-refractivity contribution in [1.29, 1.82) is 0 Å². The fraction of sp³-hybridized carbons (Fsp3) is 0.462. The summed E-state index contributed by atoms with van der Waals surface area (Å²) in [6.07, 6.45) is 0.805. The quantitative estimate of drug-likeness (QED) is 0.568. The maximum absolute atomic E-state index is 11.7. The molecule has 1 N–H and O–H groups in total. The van der Waals surface area contributed by atoms with E-state index in [1.54, 1.807) is 7.11 Å². The summed E-state index contributed by atoms with van der Waals surface area (Å²) in [7, 11) is 1.64. The molecule has 0 bridgehead atoms. The first-order valence-corrected chi connectivity index (χ1v) is 6.92. The zero-order valence-corrected chi connectivity index (χ0v) is 12.6. The summed E-state index contributed by atoms with van der Waals surface area (Å²) in [5.41, 5.74) is 0.690. The Morgan fingerprint density at radius 2 is 1.94 bits per heavy atom. The van der Waals surface area contributed by atoms with Crippen molar-refractivity contribution in [3.63, 3.8) is 0 Å². The highest BCUT2D eigenvalue weighted by Crippen LogP contribution is 2.06. The molecule has 5 heteroatoms. The second kappa shape index (κ2) is 9.29. The van der Waals surface area contributed by atoms with Crippen LogP contribution in [0.15, 0.2) is 24.3 Å². The second-order valence-corrected chi connectivity index (χ2v) is 4.97. The van der Waals surface area contributed by atoms with Crippen molar-refractivity contribution in [2.45, 2.75) is 6.42 Å².